The molecule has 1 aliphatic carbocycles. The Morgan fingerprint density at radius 2 is 2.00 bits per heavy atom. The summed E-state index contributed by atoms with van der Waals surface area (Å²) in [6.45, 7) is 5.94. The summed E-state index contributed by atoms with van der Waals surface area (Å²) < 4.78 is 1.07. The first-order chi connectivity index (χ1) is 13.9. The Labute approximate surface area is 181 Å². The number of hydrogen-bond acceptors (Lipinski definition) is 5. The van der Waals surface area contributed by atoms with Crippen molar-refractivity contribution in [3.63, 3.8) is 0 Å². The molecule has 156 valence electrons. The maximum atomic E-state index is 12.6. The number of aromatic nitrogens is 1. The van der Waals surface area contributed by atoms with Gasteiger partial charge >= 0.3 is 0 Å². The lowest BCUT2D eigenvalue weighted by atomic mass is 9.85. The molecule has 2 unspecified atom stereocenters. The molecule has 0 spiro atoms. The number of carbonyl (C=O) groups is 2. The predicted octanol–water partition coefficient (Wildman–Crippen LogP) is 4.56. The third-order valence-electron chi connectivity index (χ3n) is 4.99. The van der Waals surface area contributed by atoms with Crippen molar-refractivity contribution in [2.24, 2.45) is 5.92 Å². The van der Waals surface area contributed by atoms with Crippen LogP contribution in [0, 0.1) is 12.8 Å². The van der Waals surface area contributed by atoms with E-state index in [2.05, 4.69) is 21.0 Å². The quantitative estimate of drug-likeness (QED) is 0.631. The zero-order valence-electron chi connectivity index (χ0n) is 17.2. The van der Waals surface area contributed by atoms with Crippen molar-refractivity contribution in [3.8, 4) is 0 Å². The van der Waals surface area contributed by atoms with E-state index in [4.69, 9.17) is 0 Å². The van der Waals surface area contributed by atoms with Gasteiger partial charge in [0.2, 0.25) is 5.91 Å². The molecular formula is C22H29N3O2S2. The topological polar surface area (TPSA) is 71.1 Å². The number of carbonyl (C=O) groups excluding carboxylic acids is 2. The van der Waals surface area contributed by atoms with Gasteiger partial charge in [-0.05, 0) is 57.7 Å². The van der Waals surface area contributed by atoms with Crippen molar-refractivity contribution >= 4 is 34.9 Å². The summed E-state index contributed by atoms with van der Waals surface area (Å²) in [6.07, 6.45) is 3.51. The number of hydrogen-bond donors (Lipinski definition) is 2. The van der Waals surface area contributed by atoms with Gasteiger partial charge in [-0.2, -0.15) is 0 Å². The van der Waals surface area contributed by atoms with E-state index in [0.29, 0.717) is 12.0 Å². The molecule has 0 bridgehead atoms. The van der Waals surface area contributed by atoms with Crippen molar-refractivity contribution in [1.82, 2.24) is 15.6 Å². The van der Waals surface area contributed by atoms with Crippen LogP contribution in [0.3, 0.4) is 0 Å². The van der Waals surface area contributed by atoms with Crippen LogP contribution >= 0.6 is 23.1 Å². The minimum Gasteiger partial charge on any atom is -0.354 e. The van der Waals surface area contributed by atoms with E-state index in [1.807, 2.05) is 45.0 Å². The molecule has 7 heteroatoms. The van der Waals surface area contributed by atoms with E-state index < -0.39 is 0 Å². The van der Waals surface area contributed by atoms with Gasteiger partial charge in [-0.3, -0.25) is 9.59 Å². The van der Waals surface area contributed by atoms with E-state index in [1.165, 1.54) is 5.56 Å². The molecule has 29 heavy (non-hydrogen) atoms. The van der Waals surface area contributed by atoms with Crippen molar-refractivity contribution < 1.29 is 9.59 Å². The monoisotopic (exact) mass is 431 g/mol. The van der Waals surface area contributed by atoms with Crippen molar-refractivity contribution in [1.29, 1.82) is 0 Å². The van der Waals surface area contributed by atoms with E-state index >= 15 is 0 Å². The SMILES string of the molecule is Cc1csc(SCc2ccc(C(=O)NC3CCCC(C(=O)NC(C)C)C3)cc2)n1. The highest BCUT2D eigenvalue weighted by Gasteiger charge is 2.28. The fraction of sp³-hybridized carbons (Fsp3) is 0.500. The first-order valence-corrected chi connectivity index (χ1v) is 12.0. The highest BCUT2D eigenvalue weighted by molar-refractivity contribution is 8.00. The molecule has 1 heterocycles. The number of thioether (sulfide) groups is 1. The van der Waals surface area contributed by atoms with Gasteiger partial charge in [-0.25, -0.2) is 4.98 Å². The number of benzene rings is 1. The van der Waals surface area contributed by atoms with Crippen molar-refractivity contribution in [2.45, 2.75) is 68.6 Å². The van der Waals surface area contributed by atoms with Gasteiger partial charge in [0.15, 0.2) is 0 Å². The third-order valence-corrected chi connectivity index (χ3v) is 7.20. The number of aryl methyl sites for hydroxylation is 1. The summed E-state index contributed by atoms with van der Waals surface area (Å²) in [5, 5.41) is 8.17. The van der Waals surface area contributed by atoms with Crippen LogP contribution in [-0.2, 0) is 10.5 Å². The first-order valence-electron chi connectivity index (χ1n) is 10.2. The molecule has 2 N–H and O–H groups in total. The van der Waals surface area contributed by atoms with E-state index in [-0.39, 0.29) is 29.8 Å². The molecule has 2 aromatic rings. The Kier molecular flexibility index (Phi) is 7.72. The van der Waals surface area contributed by atoms with Crippen LogP contribution in [0.5, 0.6) is 0 Å². The molecule has 2 atom stereocenters. The van der Waals surface area contributed by atoms with Crippen LogP contribution in [0.15, 0.2) is 34.0 Å². The molecule has 1 fully saturated rings. The molecular weight excluding hydrogens is 402 g/mol. The van der Waals surface area contributed by atoms with Gasteiger partial charge in [0.05, 0.1) is 0 Å². The molecule has 0 radical (unpaired) electrons. The summed E-state index contributed by atoms with van der Waals surface area (Å²) in [4.78, 5) is 29.4. The molecule has 2 amide bonds. The molecule has 1 aliphatic rings. The average Bonchev–Trinajstić information content (AvgIpc) is 3.11. The summed E-state index contributed by atoms with van der Waals surface area (Å²) in [6, 6.07) is 7.97. The maximum Gasteiger partial charge on any atom is 0.251 e. The van der Waals surface area contributed by atoms with Gasteiger partial charge in [0.25, 0.3) is 5.91 Å². The summed E-state index contributed by atoms with van der Waals surface area (Å²) in [5.74, 6) is 0.876. The number of amides is 2. The predicted molar refractivity (Wildman–Crippen MR) is 119 cm³/mol. The number of nitrogens with zero attached hydrogens (tertiary/aromatic N) is 1. The first kappa shape index (κ1) is 21.8. The normalized spacial score (nSPS) is 19.2. The van der Waals surface area contributed by atoms with E-state index in [0.717, 1.165) is 35.0 Å². The smallest absolute Gasteiger partial charge is 0.251 e. The van der Waals surface area contributed by atoms with Gasteiger partial charge < -0.3 is 10.6 Å². The van der Waals surface area contributed by atoms with Gasteiger partial charge in [-0.15, -0.1) is 11.3 Å². The second kappa shape index (κ2) is 10.3. The average molecular weight is 432 g/mol. The van der Waals surface area contributed by atoms with Crippen LogP contribution in [0.25, 0.3) is 0 Å². The standard InChI is InChI=1S/C22H29N3O2S2/c1-14(2)23-21(27)18-5-4-6-19(11-18)25-20(26)17-9-7-16(8-10-17)13-29-22-24-15(3)12-28-22/h7-10,12,14,18-19H,4-6,11,13H2,1-3H3,(H,23,27)(H,25,26). The van der Waals surface area contributed by atoms with E-state index in [1.54, 1.807) is 23.1 Å². The Morgan fingerprint density at radius 3 is 2.66 bits per heavy atom. The summed E-state index contributed by atoms with van der Waals surface area (Å²) in [5.41, 5.74) is 2.89. The Morgan fingerprint density at radius 1 is 1.24 bits per heavy atom. The number of thiazole rings is 1. The van der Waals surface area contributed by atoms with Crippen LogP contribution in [0.1, 0.15) is 61.1 Å². The van der Waals surface area contributed by atoms with Gasteiger partial charge in [0.1, 0.15) is 4.34 Å². The van der Waals surface area contributed by atoms with Crippen LogP contribution < -0.4 is 10.6 Å². The zero-order chi connectivity index (χ0) is 20.8. The molecule has 1 aromatic heterocycles. The maximum absolute atomic E-state index is 12.6. The lowest BCUT2D eigenvalue weighted by Crippen LogP contribution is -2.43. The van der Waals surface area contributed by atoms with E-state index in [9.17, 15) is 9.59 Å². The zero-order valence-corrected chi connectivity index (χ0v) is 18.9. The number of nitrogens with one attached hydrogen (secondary N) is 2. The lowest BCUT2D eigenvalue weighted by Gasteiger charge is -2.29. The lowest BCUT2D eigenvalue weighted by molar-refractivity contribution is -0.126. The molecule has 1 aromatic carbocycles. The Hall–Kier alpha value is -1.86. The third kappa shape index (κ3) is 6.57. The molecule has 0 aliphatic heterocycles. The van der Waals surface area contributed by atoms with Gasteiger partial charge in [-0.1, -0.05) is 30.3 Å². The minimum absolute atomic E-state index is 0.00894. The molecule has 0 saturated heterocycles. The van der Waals surface area contributed by atoms with Crippen molar-refractivity contribution in [3.05, 3.63) is 46.5 Å². The van der Waals surface area contributed by atoms with Gasteiger partial charge in [0, 0.05) is 40.4 Å². The minimum atomic E-state index is -0.0605. The fourth-order valence-corrected chi connectivity index (χ4v) is 5.33. The number of rotatable bonds is 7. The highest BCUT2D eigenvalue weighted by atomic mass is 32.2. The summed E-state index contributed by atoms with van der Waals surface area (Å²) in [7, 11) is 0. The highest BCUT2D eigenvalue weighted by Crippen LogP contribution is 2.27. The van der Waals surface area contributed by atoms with Crippen LogP contribution in [0.2, 0.25) is 0 Å². The van der Waals surface area contributed by atoms with Crippen LogP contribution in [-0.4, -0.2) is 28.9 Å². The van der Waals surface area contributed by atoms with Crippen molar-refractivity contribution in [2.75, 3.05) is 0 Å². The second-order valence-electron chi connectivity index (χ2n) is 7.94. The molecule has 3 rings (SSSR count). The molecule has 1 saturated carbocycles. The summed E-state index contributed by atoms with van der Waals surface area (Å²) >= 11 is 3.37. The Balaban J connectivity index is 1.50. The Bertz CT molecular complexity index is 833. The fourth-order valence-electron chi connectivity index (χ4n) is 3.53. The van der Waals surface area contributed by atoms with Crippen LogP contribution in [0.4, 0.5) is 0 Å². The largest absolute Gasteiger partial charge is 0.354 e. The molecule has 5 nitrogen and oxygen atoms in total. The second-order valence-corrected chi connectivity index (χ2v) is 10.0.